The maximum absolute atomic E-state index is 12.8. The summed E-state index contributed by atoms with van der Waals surface area (Å²) in [5.41, 5.74) is 0. The molecule has 2 heterocycles. The van der Waals surface area contributed by atoms with Crippen molar-refractivity contribution in [3.05, 3.63) is 0 Å². The van der Waals surface area contributed by atoms with Gasteiger partial charge in [0.2, 0.25) is 15.9 Å². The van der Waals surface area contributed by atoms with Gasteiger partial charge in [-0.2, -0.15) is 0 Å². The normalized spacial score (nSPS) is 30.4. The van der Waals surface area contributed by atoms with Gasteiger partial charge in [-0.05, 0) is 26.2 Å². The van der Waals surface area contributed by atoms with E-state index in [0.29, 0.717) is 38.9 Å². The molecule has 2 fully saturated rings. The molecule has 134 valence electrons. The minimum absolute atomic E-state index is 0.0185. The second-order valence-electron chi connectivity index (χ2n) is 6.51. The number of nitrogens with zero attached hydrogens (tertiary/aromatic N) is 2. The Bertz CT molecular complexity index is 510. The van der Waals surface area contributed by atoms with Gasteiger partial charge in [0, 0.05) is 26.2 Å². The largest absolute Gasteiger partial charge is 0.394 e. The van der Waals surface area contributed by atoms with Gasteiger partial charge in [-0.25, -0.2) is 12.7 Å². The molecule has 1 N–H and O–H groups in total. The van der Waals surface area contributed by atoms with E-state index >= 15 is 0 Å². The standard InChI is InChI=1S/C15H28N2O5S/c1-3-7-23(20,21)17-6-4-5-13(9-17)15(19)16-8-12(2)22-14(10-16)11-18/h12-14,18H,3-11H2,1-2H3/t12-,13+,14+/m1/s1. The summed E-state index contributed by atoms with van der Waals surface area (Å²) in [6, 6.07) is 0. The van der Waals surface area contributed by atoms with Crippen LogP contribution in [0.1, 0.15) is 33.1 Å². The van der Waals surface area contributed by atoms with Crippen LogP contribution < -0.4 is 0 Å². The van der Waals surface area contributed by atoms with Crippen molar-refractivity contribution in [3.8, 4) is 0 Å². The molecule has 7 nitrogen and oxygen atoms in total. The molecule has 2 aliphatic heterocycles. The monoisotopic (exact) mass is 348 g/mol. The number of aliphatic hydroxyl groups excluding tert-OH is 1. The van der Waals surface area contributed by atoms with E-state index in [1.807, 2.05) is 13.8 Å². The summed E-state index contributed by atoms with van der Waals surface area (Å²) in [6.45, 7) is 5.25. The highest BCUT2D eigenvalue weighted by molar-refractivity contribution is 7.89. The van der Waals surface area contributed by atoms with Gasteiger partial charge in [-0.1, -0.05) is 6.92 Å². The van der Waals surface area contributed by atoms with Crippen molar-refractivity contribution in [1.29, 1.82) is 0 Å². The molecule has 0 aromatic heterocycles. The number of carbonyl (C=O) groups excluding carboxylic acids is 1. The van der Waals surface area contributed by atoms with Gasteiger partial charge in [0.1, 0.15) is 0 Å². The smallest absolute Gasteiger partial charge is 0.227 e. The van der Waals surface area contributed by atoms with Crippen molar-refractivity contribution in [2.75, 3.05) is 38.5 Å². The summed E-state index contributed by atoms with van der Waals surface area (Å²) in [5, 5.41) is 9.28. The average Bonchev–Trinajstić information content (AvgIpc) is 2.53. The van der Waals surface area contributed by atoms with Gasteiger partial charge in [0.05, 0.1) is 30.5 Å². The van der Waals surface area contributed by atoms with Gasteiger partial charge in [0.25, 0.3) is 0 Å². The quantitative estimate of drug-likeness (QED) is 0.758. The molecule has 0 aliphatic carbocycles. The molecule has 23 heavy (non-hydrogen) atoms. The Morgan fingerprint density at radius 2 is 2.04 bits per heavy atom. The molecule has 3 atom stereocenters. The number of amides is 1. The highest BCUT2D eigenvalue weighted by Gasteiger charge is 2.36. The van der Waals surface area contributed by atoms with Crippen molar-refractivity contribution in [1.82, 2.24) is 9.21 Å². The van der Waals surface area contributed by atoms with Crippen LogP contribution in [0.5, 0.6) is 0 Å². The number of hydrogen-bond acceptors (Lipinski definition) is 5. The van der Waals surface area contributed by atoms with E-state index in [1.54, 1.807) is 4.90 Å². The topological polar surface area (TPSA) is 87.2 Å². The van der Waals surface area contributed by atoms with Gasteiger partial charge in [0.15, 0.2) is 0 Å². The minimum Gasteiger partial charge on any atom is -0.394 e. The number of carbonyl (C=O) groups is 1. The van der Waals surface area contributed by atoms with Crippen LogP contribution in [0.3, 0.4) is 0 Å². The van der Waals surface area contributed by atoms with Crippen molar-refractivity contribution in [2.24, 2.45) is 5.92 Å². The van der Waals surface area contributed by atoms with E-state index in [4.69, 9.17) is 4.74 Å². The summed E-state index contributed by atoms with van der Waals surface area (Å²) < 4.78 is 31.5. The molecular weight excluding hydrogens is 320 g/mol. The average molecular weight is 348 g/mol. The predicted molar refractivity (Wildman–Crippen MR) is 86.4 cm³/mol. The maximum atomic E-state index is 12.8. The molecule has 8 heteroatoms. The van der Waals surface area contributed by atoms with E-state index in [9.17, 15) is 18.3 Å². The third-order valence-electron chi connectivity index (χ3n) is 4.43. The third kappa shape index (κ3) is 4.65. The molecule has 0 unspecified atom stereocenters. The Hall–Kier alpha value is -0.700. The fourth-order valence-electron chi connectivity index (χ4n) is 3.37. The Balaban J connectivity index is 2.01. The number of hydrogen-bond donors (Lipinski definition) is 1. The van der Waals surface area contributed by atoms with Gasteiger partial charge < -0.3 is 14.7 Å². The van der Waals surface area contributed by atoms with E-state index < -0.39 is 10.0 Å². The molecule has 2 saturated heterocycles. The second-order valence-corrected chi connectivity index (χ2v) is 8.60. The van der Waals surface area contributed by atoms with Crippen LogP contribution in [0.15, 0.2) is 0 Å². The highest BCUT2D eigenvalue weighted by Crippen LogP contribution is 2.23. The van der Waals surface area contributed by atoms with E-state index in [0.717, 1.165) is 0 Å². The number of morpholine rings is 1. The van der Waals surface area contributed by atoms with Crippen molar-refractivity contribution >= 4 is 15.9 Å². The minimum atomic E-state index is -3.26. The Labute approximate surface area is 138 Å². The van der Waals surface area contributed by atoms with E-state index in [1.165, 1.54) is 4.31 Å². The predicted octanol–water partition coefficient (Wildman–Crippen LogP) is 0.0464. The Morgan fingerprint density at radius 1 is 1.30 bits per heavy atom. The number of aliphatic hydroxyl groups is 1. The zero-order chi connectivity index (χ0) is 17.0. The van der Waals surface area contributed by atoms with Gasteiger partial charge in [-0.15, -0.1) is 0 Å². The lowest BCUT2D eigenvalue weighted by Crippen LogP contribution is -2.54. The van der Waals surface area contributed by atoms with Crippen LogP contribution in [0.25, 0.3) is 0 Å². The number of piperidine rings is 1. The second kappa shape index (κ2) is 7.92. The molecule has 0 radical (unpaired) electrons. The van der Waals surface area contributed by atoms with E-state index in [-0.39, 0.29) is 42.9 Å². The first-order chi connectivity index (χ1) is 10.9. The lowest BCUT2D eigenvalue weighted by Gasteiger charge is -2.39. The first-order valence-electron chi connectivity index (χ1n) is 8.40. The van der Waals surface area contributed by atoms with Crippen LogP contribution in [0.2, 0.25) is 0 Å². The summed E-state index contributed by atoms with van der Waals surface area (Å²) in [6.07, 6.45) is 1.53. The molecule has 2 rings (SSSR count). The van der Waals surface area contributed by atoms with Crippen LogP contribution in [0, 0.1) is 5.92 Å². The maximum Gasteiger partial charge on any atom is 0.227 e. The molecule has 0 bridgehead atoms. The zero-order valence-electron chi connectivity index (χ0n) is 14.0. The van der Waals surface area contributed by atoms with Gasteiger partial charge >= 0.3 is 0 Å². The summed E-state index contributed by atoms with van der Waals surface area (Å²) in [4.78, 5) is 14.5. The SMILES string of the molecule is CCCS(=O)(=O)N1CCC[C@H](C(=O)N2C[C@@H](CO)O[C@H](C)C2)C1. The van der Waals surface area contributed by atoms with Gasteiger partial charge in [-0.3, -0.25) is 4.79 Å². The molecule has 0 saturated carbocycles. The summed E-state index contributed by atoms with van der Waals surface area (Å²) in [7, 11) is -3.26. The van der Waals surface area contributed by atoms with E-state index in [2.05, 4.69) is 0 Å². The fourth-order valence-corrected chi connectivity index (χ4v) is 4.96. The molecule has 0 aromatic rings. The lowest BCUT2D eigenvalue weighted by atomic mass is 9.97. The Kier molecular flexibility index (Phi) is 6.41. The number of rotatable bonds is 5. The van der Waals surface area contributed by atoms with Crippen LogP contribution in [-0.4, -0.2) is 79.4 Å². The van der Waals surface area contributed by atoms with Crippen LogP contribution in [-0.2, 0) is 19.6 Å². The van der Waals surface area contributed by atoms with Crippen LogP contribution >= 0.6 is 0 Å². The van der Waals surface area contributed by atoms with Crippen LogP contribution in [0.4, 0.5) is 0 Å². The Morgan fingerprint density at radius 3 is 2.70 bits per heavy atom. The zero-order valence-corrected chi connectivity index (χ0v) is 14.8. The number of ether oxygens (including phenoxy) is 1. The molecule has 2 aliphatic rings. The van der Waals surface area contributed by atoms with Crippen molar-refractivity contribution in [2.45, 2.75) is 45.3 Å². The van der Waals surface area contributed by atoms with Crippen molar-refractivity contribution < 1.29 is 23.1 Å². The molecule has 0 aromatic carbocycles. The highest BCUT2D eigenvalue weighted by atomic mass is 32.2. The first-order valence-corrected chi connectivity index (χ1v) is 10.0. The fraction of sp³-hybridized carbons (Fsp3) is 0.933. The summed E-state index contributed by atoms with van der Waals surface area (Å²) in [5.74, 6) is -0.176. The summed E-state index contributed by atoms with van der Waals surface area (Å²) >= 11 is 0. The lowest BCUT2D eigenvalue weighted by molar-refractivity contribution is -0.152. The number of sulfonamides is 1. The first kappa shape index (κ1) is 18.6. The molecular formula is C15H28N2O5S. The van der Waals surface area contributed by atoms with Crippen molar-refractivity contribution in [3.63, 3.8) is 0 Å². The molecule has 0 spiro atoms. The molecule has 1 amide bonds. The third-order valence-corrected chi connectivity index (χ3v) is 6.47.